The highest BCUT2D eigenvalue weighted by atomic mass is 16.5. The van der Waals surface area contributed by atoms with Gasteiger partial charge in [0.2, 0.25) is 12.0 Å². The summed E-state index contributed by atoms with van der Waals surface area (Å²) >= 11 is 0. The number of nitrogens with zero attached hydrogens (tertiary/aromatic N) is 2. The SMILES string of the molecule is CN=c1on(C=O)c(C)c1C(C)C. The quantitative estimate of drug-likeness (QED) is 0.642. The van der Waals surface area contributed by atoms with E-state index in [2.05, 4.69) is 4.99 Å². The first-order valence-corrected chi connectivity index (χ1v) is 4.22. The summed E-state index contributed by atoms with van der Waals surface area (Å²) in [6, 6.07) is 0. The van der Waals surface area contributed by atoms with Gasteiger partial charge in [-0.3, -0.25) is 9.79 Å². The molecule has 0 aliphatic heterocycles. The molecule has 0 spiro atoms. The fourth-order valence-corrected chi connectivity index (χ4v) is 1.41. The maximum atomic E-state index is 10.6. The Morgan fingerprint density at radius 1 is 1.54 bits per heavy atom. The molecule has 1 aromatic rings. The summed E-state index contributed by atoms with van der Waals surface area (Å²) in [5.74, 6) is 0.309. The molecular formula is C9H14N2O2. The summed E-state index contributed by atoms with van der Waals surface area (Å²) in [6.07, 6.45) is 0.649. The van der Waals surface area contributed by atoms with Gasteiger partial charge in [-0.1, -0.05) is 13.8 Å². The Balaban J connectivity index is 3.47. The Morgan fingerprint density at radius 2 is 2.15 bits per heavy atom. The zero-order valence-electron chi connectivity index (χ0n) is 8.37. The molecule has 0 aliphatic carbocycles. The van der Waals surface area contributed by atoms with E-state index in [-0.39, 0.29) is 0 Å². The minimum absolute atomic E-state index is 0.309. The van der Waals surface area contributed by atoms with Crippen LogP contribution in [0.15, 0.2) is 9.52 Å². The third-order valence-corrected chi connectivity index (χ3v) is 2.01. The van der Waals surface area contributed by atoms with Gasteiger partial charge in [0, 0.05) is 12.6 Å². The van der Waals surface area contributed by atoms with Crippen molar-refractivity contribution in [3.63, 3.8) is 0 Å². The molecule has 4 heteroatoms. The van der Waals surface area contributed by atoms with Gasteiger partial charge >= 0.3 is 0 Å². The fourth-order valence-electron chi connectivity index (χ4n) is 1.41. The summed E-state index contributed by atoms with van der Waals surface area (Å²) in [5.41, 5.74) is 2.36. The van der Waals surface area contributed by atoms with Gasteiger partial charge in [0.1, 0.15) is 0 Å². The van der Waals surface area contributed by atoms with E-state index in [1.165, 1.54) is 4.74 Å². The van der Waals surface area contributed by atoms with E-state index in [0.717, 1.165) is 11.3 Å². The monoisotopic (exact) mass is 182 g/mol. The predicted molar refractivity (Wildman–Crippen MR) is 49.2 cm³/mol. The first-order valence-electron chi connectivity index (χ1n) is 4.22. The van der Waals surface area contributed by atoms with Gasteiger partial charge in [-0.25, -0.2) is 0 Å². The van der Waals surface area contributed by atoms with Crippen LogP contribution < -0.4 is 5.55 Å². The highest BCUT2D eigenvalue weighted by Gasteiger charge is 2.13. The molecule has 0 radical (unpaired) electrons. The second-order valence-corrected chi connectivity index (χ2v) is 3.21. The van der Waals surface area contributed by atoms with Crippen molar-refractivity contribution in [2.24, 2.45) is 4.99 Å². The lowest BCUT2D eigenvalue weighted by molar-refractivity contribution is 0.314. The Morgan fingerprint density at radius 3 is 2.46 bits per heavy atom. The number of aromatic nitrogens is 1. The number of hydrogen-bond acceptors (Lipinski definition) is 3. The summed E-state index contributed by atoms with van der Waals surface area (Å²) in [5, 5.41) is 0. The van der Waals surface area contributed by atoms with Crippen molar-refractivity contribution in [2.75, 3.05) is 7.05 Å². The van der Waals surface area contributed by atoms with Crippen LogP contribution in [0.1, 0.15) is 31.0 Å². The van der Waals surface area contributed by atoms with Crippen molar-refractivity contribution in [1.29, 1.82) is 0 Å². The smallest absolute Gasteiger partial charge is 0.247 e. The molecule has 0 unspecified atom stereocenters. The third kappa shape index (κ3) is 1.56. The molecule has 0 N–H and O–H groups in total. The molecular weight excluding hydrogens is 168 g/mol. The fraction of sp³-hybridized carbons (Fsp3) is 0.556. The molecule has 1 heterocycles. The van der Waals surface area contributed by atoms with Gasteiger partial charge in [-0.2, -0.15) is 0 Å². The number of rotatable bonds is 2. The number of carbonyl (C=O) groups excluding carboxylic acids is 1. The minimum atomic E-state index is 0.309. The van der Waals surface area contributed by atoms with Crippen LogP contribution >= 0.6 is 0 Å². The first kappa shape index (κ1) is 9.77. The largest absolute Gasteiger partial charge is 0.352 e. The van der Waals surface area contributed by atoms with Gasteiger partial charge in [0.15, 0.2) is 0 Å². The molecule has 0 atom stereocenters. The lowest BCUT2D eigenvalue weighted by Crippen LogP contribution is -2.06. The average Bonchev–Trinajstić information content (AvgIpc) is 2.41. The van der Waals surface area contributed by atoms with Crippen LogP contribution in [0.2, 0.25) is 0 Å². The molecule has 72 valence electrons. The molecule has 0 saturated heterocycles. The van der Waals surface area contributed by atoms with Crippen molar-refractivity contribution < 1.29 is 9.32 Å². The average molecular weight is 182 g/mol. The van der Waals surface area contributed by atoms with Crippen molar-refractivity contribution in [3.05, 3.63) is 16.8 Å². The molecule has 0 bridgehead atoms. The van der Waals surface area contributed by atoms with Crippen molar-refractivity contribution in [1.82, 2.24) is 4.74 Å². The van der Waals surface area contributed by atoms with E-state index >= 15 is 0 Å². The maximum absolute atomic E-state index is 10.6. The van der Waals surface area contributed by atoms with E-state index in [4.69, 9.17) is 4.52 Å². The number of carbonyl (C=O) groups is 1. The van der Waals surface area contributed by atoms with E-state index in [9.17, 15) is 4.79 Å². The number of hydrogen-bond donors (Lipinski definition) is 0. The predicted octanol–water partition coefficient (Wildman–Crippen LogP) is 1.08. The highest BCUT2D eigenvalue weighted by molar-refractivity contribution is 5.51. The molecule has 0 fully saturated rings. The van der Waals surface area contributed by atoms with Gasteiger partial charge in [-0.05, 0) is 12.8 Å². The minimum Gasteiger partial charge on any atom is -0.352 e. The van der Waals surface area contributed by atoms with Crippen molar-refractivity contribution >= 4 is 6.41 Å². The zero-order valence-corrected chi connectivity index (χ0v) is 8.37. The second kappa shape index (κ2) is 3.60. The second-order valence-electron chi connectivity index (χ2n) is 3.21. The summed E-state index contributed by atoms with van der Waals surface area (Å²) < 4.78 is 6.39. The topological polar surface area (TPSA) is 47.5 Å². The Bertz CT molecular complexity index is 371. The molecule has 1 rings (SSSR count). The first-order chi connectivity index (χ1) is 6.11. The van der Waals surface area contributed by atoms with E-state index in [0.29, 0.717) is 17.9 Å². The molecule has 0 saturated carbocycles. The Kier molecular flexibility index (Phi) is 2.70. The van der Waals surface area contributed by atoms with Crippen LogP contribution in [0, 0.1) is 6.92 Å². The van der Waals surface area contributed by atoms with E-state index < -0.39 is 0 Å². The Labute approximate surface area is 76.9 Å². The lowest BCUT2D eigenvalue weighted by atomic mass is 10.0. The molecule has 4 nitrogen and oxygen atoms in total. The van der Waals surface area contributed by atoms with E-state index in [1.54, 1.807) is 7.05 Å². The van der Waals surface area contributed by atoms with Gasteiger partial charge < -0.3 is 4.52 Å². The third-order valence-electron chi connectivity index (χ3n) is 2.01. The maximum Gasteiger partial charge on any atom is 0.247 e. The summed E-state index contributed by atoms with van der Waals surface area (Å²) in [4.78, 5) is 14.5. The lowest BCUT2D eigenvalue weighted by Gasteiger charge is -2.00. The van der Waals surface area contributed by atoms with Crippen LogP contribution in [0.4, 0.5) is 0 Å². The summed E-state index contributed by atoms with van der Waals surface area (Å²) in [6.45, 7) is 5.94. The van der Waals surface area contributed by atoms with Crippen molar-refractivity contribution in [3.8, 4) is 0 Å². The highest BCUT2D eigenvalue weighted by Crippen LogP contribution is 2.14. The van der Waals surface area contributed by atoms with Crippen LogP contribution in [0.5, 0.6) is 0 Å². The van der Waals surface area contributed by atoms with Crippen molar-refractivity contribution in [2.45, 2.75) is 26.7 Å². The zero-order chi connectivity index (χ0) is 10.0. The normalized spacial score (nSPS) is 12.5. The van der Waals surface area contributed by atoms with Gasteiger partial charge in [0.25, 0.3) is 0 Å². The Hall–Kier alpha value is -1.32. The van der Waals surface area contributed by atoms with Crippen LogP contribution in [-0.4, -0.2) is 18.2 Å². The van der Waals surface area contributed by atoms with Crippen LogP contribution in [-0.2, 0) is 4.79 Å². The van der Waals surface area contributed by atoms with Crippen LogP contribution in [0.25, 0.3) is 0 Å². The standard InChI is InChI=1S/C9H14N2O2/c1-6(2)8-7(3)11(5-12)13-9(8)10-4/h5-6H,1-4H3. The molecule has 0 aliphatic rings. The van der Waals surface area contributed by atoms with Crippen LogP contribution in [0.3, 0.4) is 0 Å². The summed E-state index contributed by atoms with van der Waals surface area (Å²) in [7, 11) is 1.65. The van der Waals surface area contributed by atoms with E-state index in [1.807, 2.05) is 20.8 Å². The molecule has 1 aromatic heterocycles. The van der Waals surface area contributed by atoms with Gasteiger partial charge in [0.05, 0.1) is 5.69 Å². The molecule has 0 aromatic carbocycles. The molecule has 0 amide bonds. The van der Waals surface area contributed by atoms with Gasteiger partial charge in [-0.15, -0.1) is 4.74 Å². The molecule has 13 heavy (non-hydrogen) atoms.